The van der Waals surface area contributed by atoms with E-state index < -0.39 is 0 Å². The Balaban J connectivity index is 1.39. The van der Waals surface area contributed by atoms with Crippen molar-refractivity contribution < 1.29 is 14.3 Å². The molecule has 5 heteroatoms. The number of carbonyl (C=O) groups is 1. The van der Waals surface area contributed by atoms with Crippen molar-refractivity contribution in [2.45, 2.75) is 31.5 Å². The Morgan fingerprint density at radius 2 is 1.92 bits per heavy atom. The first-order chi connectivity index (χ1) is 11.7. The van der Waals surface area contributed by atoms with Gasteiger partial charge in [-0.3, -0.25) is 4.79 Å². The minimum atomic E-state index is -0.0252. The van der Waals surface area contributed by atoms with Crippen LogP contribution >= 0.6 is 11.6 Å². The average molecular weight is 344 g/mol. The second-order valence-corrected chi connectivity index (χ2v) is 6.67. The van der Waals surface area contributed by atoms with Crippen molar-refractivity contribution in [2.75, 3.05) is 5.32 Å². The molecule has 0 aromatic heterocycles. The molecule has 2 aromatic rings. The third kappa shape index (κ3) is 3.12. The molecule has 0 aliphatic carbocycles. The van der Waals surface area contributed by atoms with E-state index in [-0.39, 0.29) is 24.0 Å². The molecule has 3 atom stereocenters. The molecule has 0 spiro atoms. The van der Waals surface area contributed by atoms with Crippen LogP contribution in [0.5, 0.6) is 11.5 Å². The van der Waals surface area contributed by atoms with Gasteiger partial charge in [-0.25, -0.2) is 0 Å². The van der Waals surface area contributed by atoms with E-state index in [1.54, 1.807) is 6.07 Å². The third-order valence-corrected chi connectivity index (χ3v) is 4.94. The number of halogens is 1. The molecule has 2 saturated heterocycles. The molecule has 0 saturated carbocycles. The van der Waals surface area contributed by atoms with Crippen LogP contribution in [0.2, 0.25) is 5.02 Å². The molecule has 2 aromatic carbocycles. The summed E-state index contributed by atoms with van der Waals surface area (Å²) in [7, 11) is 0. The second-order valence-electron chi connectivity index (χ2n) is 6.26. The first-order valence-electron chi connectivity index (χ1n) is 8.18. The van der Waals surface area contributed by atoms with E-state index >= 15 is 0 Å². The van der Waals surface area contributed by atoms with Gasteiger partial charge in [0.15, 0.2) is 0 Å². The maximum Gasteiger partial charge on any atom is 0.230 e. The average Bonchev–Trinajstić information content (AvgIpc) is 3.22. The number of para-hydroxylation sites is 1. The number of carbonyl (C=O) groups excluding carboxylic acids is 1. The Labute approximate surface area is 145 Å². The van der Waals surface area contributed by atoms with E-state index in [0.29, 0.717) is 16.5 Å². The van der Waals surface area contributed by atoms with Gasteiger partial charge in [0, 0.05) is 5.69 Å². The molecule has 4 nitrogen and oxygen atoms in total. The summed E-state index contributed by atoms with van der Waals surface area (Å²) < 4.78 is 11.5. The first-order valence-corrected chi connectivity index (χ1v) is 8.55. The van der Waals surface area contributed by atoms with Crippen LogP contribution in [0, 0.1) is 5.92 Å². The molecule has 2 heterocycles. The summed E-state index contributed by atoms with van der Waals surface area (Å²) in [6, 6.07) is 14.6. The lowest BCUT2D eigenvalue weighted by molar-refractivity contribution is -0.121. The summed E-state index contributed by atoms with van der Waals surface area (Å²) in [5.41, 5.74) is 0.759. The maximum absolute atomic E-state index is 12.4. The largest absolute Gasteiger partial charge is 0.456 e. The first kappa shape index (κ1) is 15.5. The van der Waals surface area contributed by atoms with Crippen LogP contribution < -0.4 is 10.1 Å². The zero-order chi connectivity index (χ0) is 16.5. The number of amides is 1. The van der Waals surface area contributed by atoms with Crippen molar-refractivity contribution >= 4 is 23.2 Å². The summed E-state index contributed by atoms with van der Waals surface area (Å²) in [5, 5.41) is 3.53. The SMILES string of the molecule is O=C(Nc1ccc(Oc2ccccc2Cl)cc1)C1CC2CCC1O2. The molecular formula is C19H18ClNO3. The highest BCUT2D eigenvalue weighted by atomic mass is 35.5. The van der Waals surface area contributed by atoms with E-state index in [4.69, 9.17) is 21.1 Å². The Morgan fingerprint density at radius 3 is 2.58 bits per heavy atom. The Morgan fingerprint density at radius 1 is 1.12 bits per heavy atom. The lowest BCUT2D eigenvalue weighted by Gasteiger charge is -2.18. The van der Waals surface area contributed by atoms with E-state index in [0.717, 1.165) is 24.9 Å². The number of nitrogens with one attached hydrogen (secondary N) is 1. The Bertz CT molecular complexity index is 747. The molecule has 0 radical (unpaired) electrons. The van der Waals surface area contributed by atoms with E-state index in [1.165, 1.54) is 0 Å². The summed E-state index contributed by atoms with van der Waals surface area (Å²) >= 11 is 6.08. The number of hydrogen-bond acceptors (Lipinski definition) is 3. The molecule has 24 heavy (non-hydrogen) atoms. The molecular weight excluding hydrogens is 326 g/mol. The van der Waals surface area contributed by atoms with Crippen LogP contribution in [0.4, 0.5) is 5.69 Å². The number of hydrogen-bond donors (Lipinski definition) is 1. The van der Waals surface area contributed by atoms with Crippen molar-refractivity contribution in [3.05, 3.63) is 53.6 Å². The van der Waals surface area contributed by atoms with E-state index in [2.05, 4.69) is 5.32 Å². The quantitative estimate of drug-likeness (QED) is 0.879. The van der Waals surface area contributed by atoms with Crippen molar-refractivity contribution in [1.82, 2.24) is 0 Å². The maximum atomic E-state index is 12.4. The molecule has 1 N–H and O–H groups in total. The van der Waals surface area contributed by atoms with Crippen LogP contribution in [-0.2, 0) is 9.53 Å². The molecule has 4 rings (SSSR count). The van der Waals surface area contributed by atoms with Crippen molar-refractivity contribution in [2.24, 2.45) is 5.92 Å². The predicted molar refractivity (Wildman–Crippen MR) is 92.6 cm³/mol. The zero-order valence-electron chi connectivity index (χ0n) is 13.1. The van der Waals surface area contributed by atoms with Gasteiger partial charge in [0.2, 0.25) is 5.91 Å². The molecule has 2 bridgehead atoms. The molecule has 2 aliphatic heterocycles. The summed E-state index contributed by atoms with van der Waals surface area (Å²) in [6.07, 6.45) is 3.29. The van der Waals surface area contributed by atoms with Crippen LogP contribution in [0.15, 0.2) is 48.5 Å². The fraction of sp³-hybridized carbons (Fsp3) is 0.316. The van der Waals surface area contributed by atoms with Crippen molar-refractivity contribution in [1.29, 1.82) is 0 Å². The van der Waals surface area contributed by atoms with Gasteiger partial charge in [-0.15, -0.1) is 0 Å². The lowest BCUT2D eigenvalue weighted by atomic mass is 9.88. The van der Waals surface area contributed by atoms with Gasteiger partial charge >= 0.3 is 0 Å². The predicted octanol–water partition coefficient (Wildman–Crippen LogP) is 4.64. The molecule has 3 unspecified atom stereocenters. The highest BCUT2D eigenvalue weighted by Gasteiger charge is 2.44. The number of fused-ring (bicyclic) bond motifs is 2. The fourth-order valence-electron chi connectivity index (χ4n) is 3.41. The minimum Gasteiger partial charge on any atom is -0.456 e. The van der Waals surface area contributed by atoms with Gasteiger partial charge in [-0.05, 0) is 55.7 Å². The molecule has 124 valence electrons. The fourth-order valence-corrected chi connectivity index (χ4v) is 3.58. The monoisotopic (exact) mass is 343 g/mol. The Hall–Kier alpha value is -2.04. The van der Waals surface area contributed by atoms with Gasteiger partial charge in [0.05, 0.1) is 23.1 Å². The highest BCUT2D eigenvalue weighted by Crippen LogP contribution is 2.39. The summed E-state index contributed by atoms with van der Waals surface area (Å²) in [4.78, 5) is 12.4. The Kier molecular flexibility index (Phi) is 4.17. The molecule has 1 amide bonds. The van der Waals surface area contributed by atoms with E-state index in [1.807, 2.05) is 42.5 Å². The zero-order valence-corrected chi connectivity index (χ0v) is 13.8. The minimum absolute atomic E-state index is 0.0252. The smallest absolute Gasteiger partial charge is 0.230 e. The number of benzene rings is 2. The van der Waals surface area contributed by atoms with Gasteiger partial charge < -0.3 is 14.8 Å². The second kappa shape index (κ2) is 6.46. The summed E-state index contributed by atoms with van der Waals surface area (Å²) in [5.74, 6) is 1.30. The standard InChI is InChI=1S/C19H18ClNO3/c20-16-3-1-2-4-18(16)23-13-7-5-12(6-8-13)21-19(22)15-11-14-9-10-17(15)24-14/h1-8,14-15,17H,9-11H2,(H,21,22). The van der Waals surface area contributed by atoms with Gasteiger partial charge in [-0.1, -0.05) is 23.7 Å². The highest BCUT2D eigenvalue weighted by molar-refractivity contribution is 6.32. The van der Waals surface area contributed by atoms with Crippen LogP contribution in [-0.4, -0.2) is 18.1 Å². The lowest BCUT2D eigenvalue weighted by Crippen LogP contribution is -2.30. The van der Waals surface area contributed by atoms with Gasteiger partial charge in [0.25, 0.3) is 0 Å². The third-order valence-electron chi connectivity index (χ3n) is 4.63. The molecule has 2 fully saturated rings. The van der Waals surface area contributed by atoms with Crippen LogP contribution in [0.3, 0.4) is 0 Å². The normalized spacial score (nSPS) is 24.8. The van der Waals surface area contributed by atoms with Gasteiger partial charge in [0.1, 0.15) is 11.5 Å². The van der Waals surface area contributed by atoms with Crippen LogP contribution in [0.25, 0.3) is 0 Å². The number of anilines is 1. The molecule has 2 aliphatic rings. The number of rotatable bonds is 4. The van der Waals surface area contributed by atoms with Crippen molar-refractivity contribution in [3.63, 3.8) is 0 Å². The number of ether oxygens (including phenoxy) is 2. The van der Waals surface area contributed by atoms with Crippen molar-refractivity contribution in [3.8, 4) is 11.5 Å². The topological polar surface area (TPSA) is 47.6 Å². The summed E-state index contributed by atoms with van der Waals surface area (Å²) in [6.45, 7) is 0. The van der Waals surface area contributed by atoms with Gasteiger partial charge in [-0.2, -0.15) is 0 Å². The van der Waals surface area contributed by atoms with E-state index in [9.17, 15) is 4.79 Å². The van der Waals surface area contributed by atoms with Crippen LogP contribution in [0.1, 0.15) is 19.3 Å².